The van der Waals surface area contributed by atoms with Crippen molar-refractivity contribution in [3.05, 3.63) is 0 Å². The van der Waals surface area contributed by atoms with Crippen LogP contribution in [0, 0.1) is 35.0 Å². The minimum Gasteiger partial charge on any atom is -0.299 e. The Morgan fingerprint density at radius 1 is 1.11 bits per heavy atom. The molecule has 0 aromatic carbocycles. The summed E-state index contributed by atoms with van der Waals surface area (Å²) >= 11 is 0. The van der Waals surface area contributed by atoms with Gasteiger partial charge in [0.2, 0.25) is 0 Å². The van der Waals surface area contributed by atoms with Gasteiger partial charge in [-0.05, 0) is 37.0 Å². The van der Waals surface area contributed by atoms with Crippen LogP contribution in [0.3, 0.4) is 0 Å². The van der Waals surface area contributed by atoms with E-state index in [4.69, 9.17) is 0 Å². The van der Waals surface area contributed by atoms with Gasteiger partial charge in [0.05, 0.1) is 12.0 Å². The van der Waals surface area contributed by atoms with E-state index in [9.17, 15) is 5.26 Å². The van der Waals surface area contributed by atoms with Crippen molar-refractivity contribution < 1.29 is 0 Å². The number of nitriles is 1. The van der Waals surface area contributed by atoms with E-state index in [-0.39, 0.29) is 5.92 Å². The molecule has 0 spiro atoms. The van der Waals surface area contributed by atoms with Crippen molar-refractivity contribution in [1.29, 1.82) is 5.26 Å². The fraction of sp³-hybridized carbons (Fsp3) is 0.941. The molecule has 0 bridgehead atoms. The average molecular weight is 264 g/mol. The first kappa shape index (κ1) is 16.5. The molecule has 19 heavy (non-hydrogen) atoms. The number of hydrogen-bond acceptors (Lipinski definition) is 2. The van der Waals surface area contributed by atoms with Crippen molar-refractivity contribution >= 4 is 0 Å². The molecule has 2 nitrogen and oxygen atoms in total. The normalized spacial score (nSPS) is 28.1. The Bertz CT molecular complexity index is 280. The van der Waals surface area contributed by atoms with Crippen LogP contribution in [0.5, 0.6) is 0 Å². The smallest absolute Gasteiger partial charge is 0.0672 e. The molecule has 0 radical (unpaired) electrons. The van der Waals surface area contributed by atoms with Crippen molar-refractivity contribution in [1.82, 2.24) is 4.90 Å². The SMILES string of the molecule is CCC1CCC(C#N)C(N(CC(C)C)CC(C)C)C1. The van der Waals surface area contributed by atoms with Crippen LogP contribution in [0.1, 0.15) is 60.3 Å². The van der Waals surface area contributed by atoms with E-state index >= 15 is 0 Å². The van der Waals surface area contributed by atoms with E-state index in [0.717, 1.165) is 25.4 Å². The van der Waals surface area contributed by atoms with Crippen LogP contribution in [0.15, 0.2) is 0 Å². The maximum absolute atomic E-state index is 9.46. The second-order valence-electron chi connectivity index (χ2n) is 7.13. The lowest BCUT2D eigenvalue weighted by Crippen LogP contribution is -2.47. The first-order valence-electron chi connectivity index (χ1n) is 8.11. The molecule has 0 heterocycles. The number of rotatable bonds is 6. The second-order valence-corrected chi connectivity index (χ2v) is 7.13. The van der Waals surface area contributed by atoms with Crippen molar-refractivity contribution in [2.24, 2.45) is 23.7 Å². The molecule has 1 aliphatic rings. The highest BCUT2D eigenvalue weighted by Gasteiger charge is 2.34. The Morgan fingerprint density at radius 3 is 2.11 bits per heavy atom. The molecule has 0 aromatic rings. The fourth-order valence-corrected chi connectivity index (χ4v) is 3.44. The van der Waals surface area contributed by atoms with Crippen LogP contribution >= 0.6 is 0 Å². The molecule has 2 heteroatoms. The molecule has 1 rings (SSSR count). The van der Waals surface area contributed by atoms with Crippen molar-refractivity contribution in [2.75, 3.05) is 13.1 Å². The topological polar surface area (TPSA) is 27.0 Å². The van der Waals surface area contributed by atoms with Gasteiger partial charge in [0.1, 0.15) is 0 Å². The van der Waals surface area contributed by atoms with Crippen molar-refractivity contribution in [3.63, 3.8) is 0 Å². The summed E-state index contributed by atoms with van der Waals surface area (Å²) in [7, 11) is 0. The summed E-state index contributed by atoms with van der Waals surface area (Å²) in [5, 5.41) is 9.46. The van der Waals surface area contributed by atoms with Gasteiger partial charge in [-0.15, -0.1) is 0 Å². The largest absolute Gasteiger partial charge is 0.299 e. The van der Waals surface area contributed by atoms with Gasteiger partial charge in [-0.3, -0.25) is 4.90 Å². The minimum absolute atomic E-state index is 0.250. The quantitative estimate of drug-likeness (QED) is 0.714. The van der Waals surface area contributed by atoms with Crippen LogP contribution in [0.25, 0.3) is 0 Å². The summed E-state index contributed by atoms with van der Waals surface area (Å²) in [4.78, 5) is 2.62. The highest BCUT2D eigenvalue weighted by Crippen LogP contribution is 2.34. The van der Waals surface area contributed by atoms with E-state index in [1.807, 2.05) is 0 Å². The first-order valence-corrected chi connectivity index (χ1v) is 8.11. The summed E-state index contributed by atoms with van der Waals surface area (Å²) in [6.07, 6.45) is 4.86. The van der Waals surface area contributed by atoms with E-state index in [1.165, 1.54) is 19.3 Å². The third-order valence-corrected chi connectivity index (χ3v) is 4.34. The molecule has 110 valence electrons. The third kappa shape index (κ3) is 5.15. The van der Waals surface area contributed by atoms with Gasteiger partial charge in [0.25, 0.3) is 0 Å². The highest BCUT2D eigenvalue weighted by atomic mass is 15.2. The maximum Gasteiger partial charge on any atom is 0.0672 e. The van der Waals surface area contributed by atoms with Crippen LogP contribution in [0.4, 0.5) is 0 Å². The second kappa shape index (κ2) is 7.90. The lowest BCUT2D eigenvalue weighted by Gasteiger charge is -2.41. The molecule has 0 aliphatic heterocycles. The zero-order chi connectivity index (χ0) is 14.4. The Balaban J connectivity index is 2.79. The Hall–Kier alpha value is -0.550. The highest BCUT2D eigenvalue weighted by molar-refractivity contribution is 4.97. The van der Waals surface area contributed by atoms with Crippen molar-refractivity contribution in [3.8, 4) is 6.07 Å². The zero-order valence-corrected chi connectivity index (χ0v) is 13.5. The lowest BCUT2D eigenvalue weighted by molar-refractivity contribution is 0.0782. The van der Waals surface area contributed by atoms with Gasteiger partial charge in [0, 0.05) is 19.1 Å². The summed E-state index contributed by atoms with van der Waals surface area (Å²) in [6, 6.07) is 3.08. The van der Waals surface area contributed by atoms with Gasteiger partial charge in [-0.25, -0.2) is 0 Å². The molecule has 0 N–H and O–H groups in total. The Morgan fingerprint density at radius 2 is 1.68 bits per heavy atom. The maximum atomic E-state index is 9.46. The molecule has 1 saturated carbocycles. The molecule has 0 saturated heterocycles. The monoisotopic (exact) mass is 264 g/mol. The molecule has 1 aliphatic carbocycles. The predicted octanol–water partition coefficient (Wildman–Crippen LogP) is 4.32. The third-order valence-electron chi connectivity index (χ3n) is 4.34. The van der Waals surface area contributed by atoms with Crippen molar-refractivity contribution in [2.45, 2.75) is 66.3 Å². The van der Waals surface area contributed by atoms with Gasteiger partial charge in [0.15, 0.2) is 0 Å². The molecular weight excluding hydrogens is 232 g/mol. The van der Waals surface area contributed by atoms with E-state index in [1.54, 1.807) is 0 Å². The minimum atomic E-state index is 0.250. The summed E-state index contributed by atoms with van der Waals surface area (Å²) in [5.74, 6) is 2.44. The Labute approximate surface area is 120 Å². The molecule has 1 fully saturated rings. The average Bonchev–Trinajstić information content (AvgIpc) is 2.36. The first-order chi connectivity index (χ1) is 8.97. The summed E-state index contributed by atoms with van der Waals surface area (Å²) in [5.41, 5.74) is 0. The molecule has 0 aromatic heterocycles. The molecule has 0 amide bonds. The summed E-state index contributed by atoms with van der Waals surface area (Å²) < 4.78 is 0. The number of nitrogens with zero attached hydrogens (tertiary/aromatic N) is 2. The zero-order valence-electron chi connectivity index (χ0n) is 13.5. The van der Waals surface area contributed by atoms with Crippen LogP contribution in [-0.2, 0) is 0 Å². The van der Waals surface area contributed by atoms with Gasteiger partial charge in [-0.2, -0.15) is 5.26 Å². The van der Waals surface area contributed by atoms with E-state index < -0.39 is 0 Å². The Kier molecular flexibility index (Phi) is 6.86. The standard InChI is InChI=1S/C17H32N2/c1-6-15-7-8-16(10-18)17(9-15)19(11-13(2)3)12-14(4)5/h13-17H,6-9,11-12H2,1-5H3. The van der Waals surface area contributed by atoms with E-state index in [2.05, 4.69) is 45.6 Å². The fourth-order valence-electron chi connectivity index (χ4n) is 3.44. The molecule has 3 atom stereocenters. The number of hydrogen-bond donors (Lipinski definition) is 0. The van der Waals surface area contributed by atoms with Gasteiger partial charge >= 0.3 is 0 Å². The van der Waals surface area contributed by atoms with Crippen LogP contribution in [-0.4, -0.2) is 24.0 Å². The van der Waals surface area contributed by atoms with Crippen LogP contribution in [0.2, 0.25) is 0 Å². The van der Waals surface area contributed by atoms with Gasteiger partial charge < -0.3 is 0 Å². The molecule has 3 unspecified atom stereocenters. The summed E-state index contributed by atoms with van der Waals surface area (Å²) in [6.45, 7) is 13.7. The van der Waals surface area contributed by atoms with E-state index in [0.29, 0.717) is 17.9 Å². The van der Waals surface area contributed by atoms with Gasteiger partial charge in [-0.1, -0.05) is 41.0 Å². The lowest BCUT2D eigenvalue weighted by atomic mass is 9.76. The molecular formula is C17H32N2. The predicted molar refractivity (Wildman–Crippen MR) is 81.8 cm³/mol. The van der Waals surface area contributed by atoms with Crippen LogP contribution < -0.4 is 0 Å².